The van der Waals surface area contributed by atoms with Gasteiger partial charge in [-0.2, -0.15) is 10.2 Å². The van der Waals surface area contributed by atoms with Gasteiger partial charge in [0.05, 0.1) is 22.3 Å². The van der Waals surface area contributed by atoms with Crippen LogP contribution in [0.15, 0.2) is 77.0 Å². The number of aromatic nitrogens is 5. The first-order valence-corrected chi connectivity index (χ1v) is 13.6. The van der Waals surface area contributed by atoms with Crippen molar-refractivity contribution in [1.29, 1.82) is 0 Å². The standard InChI is InChI=1S/C25H23N3O.C8H11N5O/c1-5-21-16-20-11-9-10-19(14-15-23-17(2)26-27(4)18(23)3)24(20)25(29)28(21)22-12-7-6-8-13-22;1-3-4-11-8-5(7(10)14)6(9)12-13(8)2/h6-13,16H,5H2,1-4H3;3-4H,1H2,2H3,(H2,9,12)(H2,10,14)/b;11-4-. The molecule has 0 spiro atoms. The number of rotatable bonds is 5. The number of carbonyl (C=O) groups excluding carboxylic acids is 1. The average Bonchev–Trinajstić information content (AvgIpc) is 3.41. The van der Waals surface area contributed by atoms with Crippen LogP contribution in [0.2, 0.25) is 0 Å². The van der Waals surface area contributed by atoms with E-state index >= 15 is 0 Å². The number of hydrogen-bond acceptors (Lipinski definition) is 6. The van der Waals surface area contributed by atoms with Crippen LogP contribution in [0.5, 0.6) is 0 Å². The molecule has 3 aromatic heterocycles. The molecule has 0 fully saturated rings. The minimum Gasteiger partial charge on any atom is -0.381 e. The number of para-hydroxylation sites is 1. The number of benzene rings is 2. The average molecular weight is 575 g/mol. The van der Waals surface area contributed by atoms with E-state index in [-0.39, 0.29) is 16.9 Å². The van der Waals surface area contributed by atoms with Gasteiger partial charge in [0.15, 0.2) is 11.6 Å². The maximum Gasteiger partial charge on any atom is 0.264 e. The summed E-state index contributed by atoms with van der Waals surface area (Å²) in [7, 11) is 3.54. The molecule has 2 aromatic carbocycles. The normalized spacial score (nSPS) is 10.7. The van der Waals surface area contributed by atoms with Gasteiger partial charge in [-0.25, -0.2) is 9.67 Å². The molecule has 10 nitrogen and oxygen atoms in total. The fourth-order valence-corrected chi connectivity index (χ4v) is 4.77. The maximum absolute atomic E-state index is 13.6. The number of allylic oxidation sites excluding steroid dienone is 1. The first kappa shape index (κ1) is 30.3. The molecule has 1 amide bonds. The van der Waals surface area contributed by atoms with Crippen molar-refractivity contribution >= 4 is 34.5 Å². The fraction of sp³-hybridized carbons (Fsp3) is 0.182. The number of aryl methyl sites for hydroxylation is 4. The lowest BCUT2D eigenvalue weighted by Crippen LogP contribution is -2.22. The molecule has 10 heteroatoms. The number of aliphatic imine (C=N–C) groups is 1. The molecule has 218 valence electrons. The third-order valence-corrected chi connectivity index (χ3v) is 6.92. The van der Waals surface area contributed by atoms with Crippen molar-refractivity contribution in [2.24, 2.45) is 24.8 Å². The summed E-state index contributed by atoms with van der Waals surface area (Å²) in [5.74, 6) is 6.25. The number of pyridine rings is 1. The second kappa shape index (κ2) is 12.9. The summed E-state index contributed by atoms with van der Waals surface area (Å²) in [5, 5.41) is 9.83. The molecule has 3 heterocycles. The molecule has 0 radical (unpaired) electrons. The van der Waals surface area contributed by atoms with Crippen molar-refractivity contribution in [3.8, 4) is 17.5 Å². The summed E-state index contributed by atoms with van der Waals surface area (Å²) >= 11 is 0. The zero-order chi connectivity index (χ0) is 31.3. The molecule has 0 aliphatic carbocycles. The van der Waals surface area contributed by atoms with Gasteiger partial charge in [0.2, 0.25) is 0 Å². The van der Waals surface area contributed by atoms with Crippen LogP contribution in [0, 0.1) is 25.7 Å². The number of fused-ring (bicyclic) bond motifs is 1. The first-order chi connectivity index (χ1) is 20.6. The van der Waals surface area contributed by atoms with Gasteiger partial charge in [0.1, 0.15) is 5.56 Å². The minimum absolute atomic E-state index is 0.0323. The topological polar surface area (TPSA) is 139 Å². The van der Waals surface area contributed by atoms with Crippen molar-refractivity contribution in [1.82, 2.24) is 24.1 Å². The Kier molecular flexibility index (Phi) is 9.06. The van der Waals surface area contributed by atoms with E-state index in [0.29, 0.717) is 11.2 Å². The number of primary amides is 1. The second-order valence-electron chi connectivity index (χ2n) is 9.74. The Morgan fingerprint density at radius 2 is 1.77 bits per heavy atom. The zero-order valence-corrected chi connectivity index (χ0v) is 24.9. The van der Waals surface area contributed by atoms with Gasteiger partial charge < -0.3 is 11.5 Å². The molecule has 0 atom stereocenters. The summed E-state index contributed by atoms with van der Waals surface area (Å²) in [6.45, 7) is 9.48. The number of hydrogen-bond donors (Lipinski definition) is 2. The summed E-state index contributed by atoms with van der Waals surface area (Å²) < 4.78 is 5.02. The highest BCUT2D eigenvalue weighted by molar-refractivity contribution is 6.02. The highest BCUT2D eigenvalue weighted by atomic mass is 16.1. The molecule has 0 aliphatic rings. The van der Waals surface area contributed by atoms with Gasteiger partial charge in [-0.3, -0.25) is 18.8 Å². The molecule has 0 aliphatic heterocycles. The van der Waals surface area contributed by atoms with E-state index in [1.165, 1.54) is 17.0 Å². The van der Waals surface area contributed by atoms with Crippen LogP contribution >= 0.6 is 0 Å². The Balaban J connectivity index is 0.000000255. The smallest absolute Gasteiger partial charge is 0.264 e. The third kappa shape index (κ3) is 6.16. The van der Waals surface area contributed by atoms with E-state index in [4.69, 9.17) is 11.5 Å². The highest BCUT2D eigenvalue weighted by Crippen LogP contribution is 2.23. The largest absolute Gasteiger partial charge is 0.381 e. The summed E-state index contributed by atoms with van der Waals surface area (Å²) in [6, 6.07) is 17.7. The van der Waals surface area contributed by atoms with Crippen molar-refractivity contribution < 1.29 is 4.79 Å². The van der Waals surface area contributed by atoms with Crippen LogP contribution in [-0.2, 0) is 20.5 Å². The highest BCUT2D eigenvalue weighted by Gasteiger charge is 2.17. The molecule has 0 bridgehead atoms. The lowest BCUT2D eigenvalue weighted by atomic mass is 10.0. The number of nitrogens with zero attached hydrogens (tertiary/aromatic N) is 6. The van der Waals surface area contributed by atoms with E-state index < -0.39 is 5.91 Å². The Labute approximate surface area is 250 Å². The van der Waals surface area contributed by atoms with Crippen LogP contribution in [0.4, 0.5) is 11.6 Å². The lowest BCUT2D eigenvalue weighted by Gasteiger charge is -2.14. The van der Waals surface area contributed by atoms with Gasteiger partial charge in [-0.1, -0.05) is 61.8 Å². The molecule has 43 heavy (non-hydrogen) atoms. The third-order valence-electron chi connectivity index (χ3n) is 6.92. The summed E-state index contributed by atoms with van der Waals surface area (Å²) in [4.78, 5) is 28.5. The molecule has 0 unspecified atom stereocenters. The SMILES string of the molecule is C=C/C=N\c1c(C(N)=O)c(N)nn1C.CCc1cc2cccc(C#Cc3c(C)nn(C)c3C)c2c(=O)n1-c1ccccc1. The van der Waals surface area contributed by atoms with Gasteiger partial charge in [0.25, 0.3) is 11.5 Å². The van der Waals surface area contributed by atoms with Gasteiger partial charge >= 0.3 is 0 Å². The van der Waals surface area contributed by atoms with E-state index in [1.807, 2.05) is 74.1 Å². The summed E-state index contributed by atoms with van der Waals surface area (Å²) in [5.41, 5.74) is 16.1. The Morgan fingerprint density at radius 1 is 1.05 bits per heavy atom. The maximum atomic E-state index is 13.6. The number of nitrogen functional groups attached to an aromatic ring is 1. The van der Waals surface area contributed by atoms with Crippen molar-refractivity contribution in [2.75, 3.05) is 5.73 Å². The molecule has 4 N–H and O–H groups in total. The number of carbonyl (C=O) groups is 1. The summed E-state index contributed by atoms with van der Waals surface area (Å²) in [6.07, 6.45) is 3.68. The van der Waals surface area contributed by atoms with Crippen LogP contribution in [-0.4, -0.2) is 36.2 Å². The predicted octanol–water partition coefficient (Wildman–Crippen LogP) is 4.29. The van der Waals surface area contributed by atoms with Crippen molar-refractivity contribution in [2.45, 2.75) is 27.2 Å². The number of nitrogens with two attached hydrogens (primary N) is 2. The Bertz CT molecular complexity index is 1980. The van der Waals surface area contributed by atoms with E-state index in [9.17, 15) is 9.59 Å². The van der Waals surface area contributed by atoms with E-state index in [2.05, 4.69) is 46.6 Å². The van der Waals surface area contributed by atoms with Crippen molar-refractivity contribution in [3.63, 3.8) is 0 Å². The Morgan fingerprint density at radius 3 is 2.37 bits per heavy atom. The monoisotopic (exact) mass is 574 g/mol. The first-order valence-electron chi connectivity index (χ1n) is 13.6. The van der Waals surface area contributed by atoms with Crippen molar-refractivity contribution in [3.05, 3.63) is 111 Å². The molecule has 5 aromatic rings. The van der Waals surface area contributed by atoms with Gasteiger partial charge in [-0.05, 0) is 49.9 Å². The quantitative estimate of drug-likeness (QED) is 0.238. The zero-order valence-electron chi connectivity index (χ0n) is 24.9. The van der Waals surface area contributed by atoms with Crippen LogP contribution < -0.4 is 17.0 Å². The number of anilines is 1. The molecule has 0 saturated heterocycles. The Hall–Kier alpha value is -5.69. The van der Waals surface area contributed by atoms with Gasteiger partial charge in [-0.15, -0.1) is 0 Å². The minimum atomic E-state index is -0.646. The molecular weight excluding hydrogens is 540 g/mol. The number of amides is 1. The van der Waals surface area contributed by atoms with E-state index in [0.717, 1.165) is 45.7 Å². The van der Waals surface area contributed by atoms with Crippen LogP contribution in [0.3, 0.4) is 0 Å². The molecule has 5 rings (SSSR count). The lowest BCUT2D eigenvalue weighted by molar-refractivity contribution is 0.100. The second-order valence-corrected chi connectivity index (χ2v) is 9.74. The van der Waals surface area contributed by atoms with E-state index in [1.54, 1.807) is 11.6 Å². The molecule has 0 saturated carbocycles. The predicted molar refractivity (Wildman–Crippen MR) is 172 cm³/mol. The molecular formula is C33H34N8O2. The fourth-order valence-electron chi connectivity index (χ4n) is 4.77. The van der Waals surface area contributed by atoms with Crippen LogP contribution in [0.1, 0.15) is 45.5 Å². The van der Waals surface area contributed by atoms with Gasteiger partial charge in [0, 0.05) is 37.3 Å². The van der Waals surface area contributed by atoms with Crippen LogP contribution in [0.25, 0.3) is 16.5 Å².